The van der Waals surface area contributed by atoms with Crippen molar-refractivity contribution in [1.29, 1.82) is 0 Å². The largest absolute Gasteiger partial charge is 0.479 e. The van der Waals surface area contributed by atoms with E-state index in [2.05, 4.69) is 31.0 Å². The van der Waals surface area contributed by atoms with Crippen LogP contribution in [-0.2, 0) is 32.9 Å². The van der Waals surface area contributed by atoms with Crippen LogP contribution in [0.4, 0.5) is 5.95 Å². The number of terminal acetylenes is 1. The van der Waals surface area contributed by atoms with E-state index >= 15 is 0 Å². The van der Waals surface area contributed by atoms with Gasteiger partial charge >= 0.3 is 19.6 Å². The van der Waals surface area contributed by atoms with Gasteiger partial charge in [-0.25, -0.2) is 20.0 Å². The highest BCUT2D eigenvalue weighted by atomic mass is 31.2. The number of nitrogens with zero attached hydrogens (tertiary/aromatic N) is 4. The van der Waals surface area contributed by atoms with E-state index in [-0.39, 0.29) is 54.5 Å². The van der Waals surface area contributed by atoms with Gasteiger partial charge < -0.3 is 34.3 Å². The lowest BCUT2D eigenvalue weighted by atomic mass is 9.93. The van der Waals surface area contributed by atoms with Crippen LogP contribution in [0.15, 0.2) is 6.33 Å². The maximum absolute atomic E-state index is 14.2. The molecule has 1 fully saturated rings. The summed E-state index contributed by atoms with van der Waals surface area (Å²) in [6.07, 6.45) is 6.42. The number of methoxy groups -OCH3 is 1. The SMILES string of the molecule is C#C[C@H](NP(=O)(N[C@@H](C)C(=O)OCCC(C)(C)C)OC[C@@H]1C[C@@](C)(O)[C@H](n2cnc3c(OC)nc(N)nc32)O1)C(=O)OCCC(C)(C)C. The van der Waals surface area contributed by atoms with Crippen molar-refractivity contribution in [3.63, 3.8) is 0 Å². The minimum atomic E-state index is -4.29. The first-order valence-electron chi connectivity index (χ1n) is 15.7. The number of anilines is 1. The Bertz CT molecular complexity index is 1530. The molecule has 2 aromatic heterocycles. The quantitative estimate of drug-likeness (QED) is 0.120. The van der Waals surface area contributed by atoms with E-state index in [4.69, 9.17) is 35.6 Å². The molecule has 0 aromatic carbocycles. The predicted molar refractivity (Wildman–Crippen MR) is 177 cm³/mol. The van der Waals surface area contributed by atoms with Gasteiger partial charge in [0, 0.05) is 6.42 Å². The first-order valence-corrected chi connectivity index (χ1v) is 17.3. The maximum Gasteiger partial charge on any atom is 0.343 e. The van der Waals surface area contributed by atoms with Crippen molar-refractivity contribution in [3.05, 3.63) is 6.33 Å². The van der Waals surface area contributed by atoms with Crippen LogP contribution in [0.2, 0.25) is 0 Å². The number of nitrogens with one attached hydrogen (secondary N) is 2. The number of fused-ring (bicyclic) bond motifs is 1. The molecule has 5 N–H and O–H groups in total. The van der Waals surface area contributed by atoms with Gasteiger partial charge in [0.25, 0.3) is 0 Å². The zero-order chi connectivity index (χ0) is 36.1. The number of rotatable bonds is 15. The topological polar surface area (TPSA) is 211 Å². The molecule has 1 saturated heterocycles. The highest BCUT2D eigenvalue weighted by Gasteiger charge is 2.47. The molecule has 1 unspecified atom stereocenters. The third-order valence-corrected chi connectivity index (χ3v) is 9.24. The van der Waals surface area contributed by atoms with Crippen molar-refractivity contribution in [3.8, 4) is 18.2 Å². The monoisotopic (exact) mass is 695 g/mol. The molecule has 0 radical (unpaired) electrons. The van der Waals surface area contributed by atoms with Crippen molar-refractivity contribution in [2.45, 2.75) is 105 Å². The Morgan fingerprint density at radius 3 is 2.33 bits per heavy atom. The molecule has 6 atom stereocenters. The molecule has 0 bridgehead atoms. The van der Waals surface area contributed by atoms with Gasteiger partial charge in [-0.2, -0.15) is 9.97 Å². The second-order valence-corrected chi connectivity index (χ2v) is 16.3. The molecule has 17 heteroatoms. The lowest BCUT2D eigenvalue weighted by Gasteiger charge is -2.27. The van der Waals surface area contributed by atoms with Crippen LogP contribution < -0.4 is 20.6 Å². The Balaban J connectivity index is 1.79. The van der Waals surface area contributed by atoms with E-state index in [0.29, 0.717) is 18.4 Å². The number of hydrogen-bond donors (Lipinski definition) is 4. The lowest BCUT2D eigenvalue weighted by Crippen LogP contribution is -2.43. The predicted octanol–water partition coefficient (Wildman–Crippen LogP) is 3.11. The maximum atomic E-state index is 14.2. The molecule has 1 aliphatic rings. The number of carbonyl (C=O) groups is 2. The molecule has 1 aliphatic heterocycles. The van der Waals surface area contributed by atoms with Gasteiger partial charge in [-0.3, -0.25) is 13.9 Å². The van der Waals surface area contributed by atoms with E-state index < -0.39 is 49.6 Å². The van der Waals surface area contributed by atoms with Crippen molar-refractivity contribution in [2.75, 3.05) is 32.7 Å². The number of esters is 2. The Morgan fingerprint density at radius 2 is 1.77 bits per heavy atom. The number of ether oxygens (including phenoxy) is 4. The number of nitrogen functional groups attached to an aromatic ring is 1. The molecule has 0 amide bonds. The molecule has 2 aromatic rings. The van der Waals surface area contributed by atoms with E-state index in [1.807, 2.05) is 41.5 Å². The Labute approximate surface area is 281 Å². The van der Waals surface area contributed by atoms with Crippen LogP contribution >= 0.6 is 7.67 Å². The fraction of sp³-hybridized carbons (Fsp3) is 0.710. The number of aromatic nitrogens is 4. The molecule has 3 rings (SSSR count). The standard InChI is InChI=1S/C31H50N7O9P/c1-11-21(26(40)45-15-13-30(6,7)8)37-48(42,36-19(2)25(39)44-14-12-29(3,4)5)46-17-20-16-31(9,41)27(47-20)38-18-33-22-23(38)34-28(32)35-24(22)43-10/h1,18-21,27,41H,12-17H2,2-10H3,(H2,32,34,35)(H2,36,37,42)/t19-,20-,21-,27+,31+,48?/m0/s1. The van der Waals surface area contributed by atoms with Gasteiger partial charge in [-0.15, -0.1) is 6.42 Å². The molecular weight excluding hydrogens is 645 g/mol. The van der Waals surface area contributed by atoms with E-state index in [0.717, 1.165) is 0 Å². The van der Waals surface area contributed by atoms with E-state index in [9.17, 15) is 19.3 Å². The summed E-state index contributed by atoms with van der Waals surface area (Å²) in [5.74, 6) is 0.814. The lowest BCUT2D eigenvalue weighted by molar-refractivity contribution is -0.146. The summed E-state index contributed by atoms with van der Waals surface area (Å²) in [6.45, 7) is 14.9. The molecule has 0 aliphatic carbocycles. The first-order chi connectivity index (χ1) is 22.2. The van der Waals surface area contributed by atoms with E-state index in [1.165, 1.54) is 24.9 Å². The molecule has 16 nitrogen and oxygen atoms in total. The second kappa shape index (κ2) is 15.5. The van der Waals surface area contributed by atoms with Crippen molar-refractivity contribution < 1.29 is 42.7 Å². The van der Waals surface area contributed by atoms with Gasteiger partial charge in [0.1, 0.15) is 11.6 Å². The zero-order valence-electron chi connectivity index (χ0n) is 29.2. The normalized spacial score (nSPS) is 22.4. The molecule has 0 spiro atoms. The van der Waals surface area contributed by atoms with Crippen LogP contribution in [0.25, 0.3) is 11.2 Å². The average Bonchev–Trinajstić information content (AvgIpc) is 3.51. The van der Waals surface area contributed by atoms with Crippen LogP contribution in [0.1, 0.15) is 80.9 Å². The Morgan fingerprint density at radius 1 is 1.17 bits per heavy atom. The average molecular weight is 696 g/mol. The zero-order valence-corrected chi connectivity index (χ0v) is 30.1. The highest BCUT2D eigenvalue weighted by Crippen LogP contribution is 2.44. The number of hydrogen-bond acceptors (Lipinski definition) is 13. The van der Waals surface area contributed by atoms with E-state index in [1.54, 1.807) is 6.92 Å². The fourth-order valence-electron chi connectivity index (χ4n) is 4.68. The minimum Gasteiger partial charge on any atom is -0.479 e. The Kier molecular flexibility index (Phi) is 12.6. The highest BCUT2D eigenvalue weighted by molar-refractivity contribution is 7.54. The van der Waals surface area contributed by atoms with Crippen LogP contribution in [-0.4, -0.2) is 87.3 Å². The van der Waals surface area contributed by atoms with Crippen LogP contribution in [0, 0.1) is 23.2 Å². The summed E-state index contributed by atoms with van der Waals surface area (Å²) in [5.41, 5.74) is 4.78. The fourth-order valence-corrected chi connectivity index (χ4v) is 6.42. The third-order valence-electron chi connectivity index (χ3n) is 7.40. The van der Waals surface area contributed by atoms with Gasteiger partial charge in [0.05, 0.1) is 39.4 Å². The van der Waals surface area contributed by atoms with Crippen LogP contribution in [0.5, 0.6) is 5.88 Å². The molecule has 48 heavy (non-hydrogen) atoms. The van der Waals surface area contributed by atoms with Crippen molar-refractivity contribution >= 4 is 36.7 Å². The summed E-state index contributed by atoms with van der Waals surface area (Å²) in [5, 5.41) is 16.5. The smallest absolute Gasteiger partial charge is 0.343 e. The van der Waals surface area contributed by atoms with Gasteiger partial charge in [-0.1, -0.05) is 47.5 Å². The molecule has 0 saturated carbocycles. The van der Waals surface area contributed by atoms with Crippen molar-refractivity contribution in [2.24, 2.45) is 10.8 Å². The second-order valence-electron chi connectivity index (χ2n) is 14.5. The minimum absolute atomic E-state index is 0.0346. The molecule has 3 heterocycles. The summed E-state index contributed by atoms with van der Waals surface area (Å²) < 4.78 is 43.7. The molecular formula is C31H50N7O9P. The number of nitrogens with two attached hydrogens (primary N) is 1. The summed E-state index contributed by atoms with van der Waals surface area (Å²) in [4.78, 5) is 38.2. The summed E-state index contributed by atoms with van der Waals surface area (Å²) >= 11 is 0. The number of aliphatic hydroxyl groups is 1. The van der Waals surface area contributed by atoms with Gasteiger partial charge in [0.2, 0.25) is 11.8 Å². The number of imidazole rings is 1. The first kappa shape index (κ1) is 39.1. The van der Waals surface area contributed by atoms with Crippen LogP contribution in [0.3, 0.4) is 0 Å². The third kappa shape index (κ3) is 10.8. The van der Waals surface area contributed by atoms with Gasteiger partial charge in [-0.05, 0) is 37.5 Å². The summed E-state index contributed by atoms with van der Waals surface area (Å²) in [6, 6.07) is -2.61. The number of carbonyl (C=O) groups excluding carboxylic acids is 2. The van der Waals surface area contributed by atoms with Gasteiger partial charge in [0.15, 0.2) is 23.4 Å². The Hall–Kier alpha value is -3.32. The summed E-state index contributed by atoms with van der Waals surface area (Å²) in [7, 11) is -2.88. The van der Waals surface area contributed by atoms with Crippen molar-refractivity contribution in [1.82, 2.24) is 29.7 Å². The molecule has 268 valence electrons.